The van der Waals surface area contributed by atoms with Crippen molar-refractivity contribution in [2.24, 2.45) is 0 Å². The predicted molar refractivity (Wildman–Crippen MR) is 62.1 cm³/mol. The van der Waals surface area contributed by atoms with E-state index in [2.05, 4.69) is 4.98 Å². The van der Waals surface area contributed by atoms with Gasteiger partial charge in [-0.05, 0) is 25.1 Å². The van der Waals surface area contributed by atoms with Crippen molar-refractivity contribution >= 4 is 31.4 Å². The summed E-state index contributed by atoms with van der Waals surface area (Å²) in [5.74, 6) is 0.135. The van der Waals surface area contributed by atoms with Crippen molar-refractivity contribution in [2.75, 3.05) is 5.75 Å². The number of aromatic nitrogens is 1. The molecule has 80 valence electrons. The number of benzene rings is 1. The van der Waals surface area contributed by atoms with Gasteiger partial charge < -0.3 is 0 Å². The fourth-order valence-corrected chi connectivity index (χ4v) is 3.23. The Hall–Kier alpha value is -0.940. The highest BCUT2D eigenvalue weighted by atomic mass is 32.2. The van der Waals surface area contributed by atoms with Crippen LogP contribution in [0.1, 0.15) is 11.9 Å². The average molecular weight is 241 g/mol. The highest BCUT2D eigenvalue weighted by Gasteiger charge is 2.12. The summed E-state index contributed by atoms with van der Waals surface area (Å²) in [6.45, 7) is 3.57. The van der Waals surface area contributed by atoms with Gasteiger partial charge in [0.1, 0.15) is 0 Å². The van der Waals surface area contributed by atoms with E-state index in [1.807, 2.05) is 6.92 Å². The number of sulfone groups is 1. The minimum atomic E-state index is -3.10. The molecule has 3 nitrogen and oxygen atoms in total. The maximum absolute atomic E-state index is 11.6. The van der Waals surface area contributed by atoms with Crippen molar-refractivity contribution in [1.29, 1.82) is 0 Å². The number of hydrogen-bond donors (Lipinski definition) is 0. The molecule has 0 aliphatic carbocycles. The van der Waals surface area contributed by atoms with E-state index in [1.54, 1.807) is 25.1 Å². The average Bonchev–Trinajstić information content (AvgIpc) is 2.56. The highest BCUT2D eigenvalue weighted by Crippen LogP contribution is 2.24. The second-order valence-corrected chi connectivity index (χ2v) is 6.78. The van der Waals surface area contributed by atoms with E-state index in [9.17, 15) is 8.42 Å². The number of fused-ring (bicyclic) bond motifs is 1. The van der Waals surface area contributed by atoms with Crippen molar-refractivity contribution in [2.45, 2.75) is 18.7 Å². The van der Waals surface area contributed by atoms with Gasteiger partial charge in [0, 0.05) is 0 Å². The zero-order chi connectivity index (χ0) is 11.1. The largest absolute Gasteiger partial charge is 0.242 e. The summed E-state index contributed by atoms with van der Waals surface area (Å²) in [5.41, 5.74) is 0.868. The molecule has 2 rings (SSSR count). The summed E-state index contributed by atoms with van der Waals surface area (Å²) in [4.78, 5) is 4.68. The fraction of sp³-hybridized carbons (Fsp3) is 0.300. The van der Waals surface area contributed by atoms with Crippen LogP contribution in [0.15, 0.2) is 23.1 Å². The summed E-state index contributed by atoms with van der Waals surface area (Å²) in [6, 6.07) is 5.10. The molecule has 0 spiro atoms. The molecule has 0 bridgehead atoms. The molecule has 0 radical (unpaired) electrons. The Morgan fingerprint density at radius 3 is 2.80 bits per heavy atom. The minimum Gasteiger partial charge on any atom is -0.242 e. The third-order valence-electron chi connectivity index (χ3n) is 2.21. The van der Waals surface area contributed by atoms with Crippen LogP contribution in [0.4, 0.5) is 0 Å². The Balaban J connectivity index is 2.66. The molecule has 15 heavy (non-hydrogen) atoms. The molecule has 0 atom stereocenters. The Kier molecular flexibility index (Phi) is 2.52. The third-order valence-corrected chi connectivity index (χ3v) is 4.87. The van der Waals surface area contributed by atoms with Gasteiger partial charge in [-0.25, -0.2) is 13.4 Å². The molecule has 0 saturated carbocycles. The van der Waals surface area contributed by atoms with Crippen molar-refractivity contribution < 1.29 is 8.42 Å². The number of aryl methyl sites for hydroxylation is 1. The van der Waals surface area contributed by atoms with Crippen LogP contribution in [0.25, 0.3) is 10.2 Å². The summed E-state index contributed by atoms with van der Waals surface area (Å²) in [7, 11) is -3.10. The fourth-order valence-electron chi connectivity index (χ4n) is 1.38. The van der Waals surface area contributed by atoms with Crippen molar-refractivity contribution in [3.05, 3.63) is 23.2 Å². The summed E-state index contributed by atoms with van der Waals surface area (Å²) in [5, 5.41) is 0.955. The molecule has 0 N–H and O–H groups in total. The van der Waals surface area contributed by atoms with Crippen LogP contribution in [0.3, 0.4) is 0 Å². The first-order valence-corrected chi connectivity index (χ1v) is 7.10. The van der Waals surface area contributed by atoms with Crippen LogP contribution in [0, 0.1) is 6.92 Å². The van der Waals surface area contributed by atoms with Gasteiger partial charge in [-0.1, -0.05) is 6.92 Å². The topological polar surface area (TPSA) is 47.0 Å². The standard InChI is InChI=1S/C10H11NO2S2/c1-3-15(12,13)8-4-5-9-10(6-8)14-7(2)11-9/h4-6H,3H2,1-2H3. The van der Waals surface area contributed by atoms with Gasteiger partial charge >= 0.3 is 0 Å². The number of rotatable bonds is 2. The quantitative estimate of drug-likeness (QED) is 0.811. The van der Waals surface area contributed by atoms with E-state index in [-0.39, 0.29) is 5.75 Å². The van der Waals surface area contributed by atoms with Crippen LogP contribution in [0.2, 0.25) is 0 Å². The van der Waals surface area contributed by atoms with Gasteiger partial charge in [0.15, 0.2) is 9.84 Å². The van der Waals surface area contributed by atoms with E-state index < -0.39 is 9.84 Å². The lowest BCUT2D eigenvalue weighted by molar-refractivity contribution is 0.597. The summed E-state index contributed by atoms with van der Waals surface area (Å²) < 4.78 is 24.2. The van der Waals surface area contributed by atoms with Gasteiger partial charge in [-0.2, -0.15) is 0 Å². The maximum atomic E-state index is 11.6. The monoisotopic (exact) mass is 241 g/mol. The third kappa shape index (κ3) is 1.89. The van der Waals surface area contributed by atoms with Gasteiger partial charge in [0.05, 0.1) is 25.9 Å². The Morgan fingerprint density at radius 1 is 1.40 bits per heavy atom. The molecule has 0 aliphatic heterocycles. The van der Waals surface area contributed by atoms with Crippen LogP contribution in [0.5, 0.6) is 0 Å². The Labute approximate surface area is 92.7 Å². The molecule has 0 fully saturated rings. The molecule has 0 amide bonds. The maximum Gasteiger partial charge on any atom is 0.178 e. The van der Waals surface area contributed by atoms with Gasteiger partial charge in [-0.3, -0.25) is 0 Å². The molecule has 2 aromatic rings. The van der Waals surface area contributed by atoms with E-state index in [4.69, 9.17) is 0 Å². The number of nitrogens with zero attached hydrogens (tertiary/aromatic N) is 1. The van der Waals surface area contributed by atoms with Crippen LogP contribution >= 0.6 is 11.3 Å². The molecule has 5 heteroatoms. The first kappa shape index (κ1) is 10.6. The normalized spacial score (nSPS) is 12.1. The second kappa shape index (κ2) is 3.57. The molecule has 0 saturated heterocycles. The zero-order valence-corrected chi connectivity index (χ0v) is 10.2. The lowest BCUT2D eigenvalue weighted by Gasteiger charge is -1.99. The van der Waals surface area contributed by atoms with Crippen LogP contribution in [-0.4, -0.2) is 19.2 Å². The zero-order valence-electron chi connectivity index (χ0n) is 8.52. The van der Waals surface area contributed by atoms with E-state index in [0.717, 1.165) is 15.2 Å². The van der Waals surface area contributed by atoms with E-state index in [1.165, 1.54) is 11.3 Å². The van der Waals surface area contributed by atoms with E-state index in [0.29, 0.717) is 4.90 Å². The summed E-state index contributed by atoms with van der Waals surface area (Å²) >= 11 is 1.52. The highest BCUT2D eigenvalue weighted by molar-refractivity contribution is 7.91. The smallest absolute Gasteiger partial charge is 0.178 e. The van der Waals surface area contributed by atoms with Crippen LogP contribution in [-0.2, 0) is 9.84 Å². The Bertz CT molecular complexity index is 599. The van der Waals surface area contributed by atoms with Crippen LogP contribution < -0.4 is 0 Å². The lowest BCUT2D eigenvalue weighted by Crippen LogP contribution is -2.02. The molecule has 1 aromatic heterocycles. The first-order chi connectivity index (χ1) is 7.03. The summed E-state index contributed by atoms with van der Waals surface area (Å²) in [6.07, 6.45) is 0. The number of hydrogen-bond acceptors (Lipinski definition) is 4. The molecular formula is C10H11NO2S2. The molecular weight excluding hydrogens is 230 g/mol. The van der Waals surface area contributed by atoms with Gasteiger partial charge in [0.25, 0.3) is 0 Å². The lowest BCUT2D eigenvalue weighted by atomic mass is 10.3. The first-order valence-electron chi connectivity index (χ1n) is 4.63. The second-order valence-electron chi connectivity index (χ2n) is 3.27. The predicted octanol–water partition coefficient (Wildman–Crippen LogP) is 2.40. The van der Waals surface area contributed by atoms with Crippen molar-refractivity contribution in [3.63, 3.8) is 0 Å². The molecule has 0 unspecified atom stereocenters. The SMILES string of the molecule is CCS(=O)(=O)c1ccc2nc(C)sc2c1. The Morgan fingerprint density at radius 2 is 2.13 bits per heavy atom. The molecule has 1 aromatic carbocycles. The van der Waals surface area contributed by atoms with Gasteiger partial charge in [0.2, 0.25) is 0 Å². The molecule has 0 aliphatic rings. The minimum absolute atomic E-state index is 0.135. The van der Waals surface area contributed by atoms with Crippen molar-refractivity contribution in [3.8, 4) is 0 Å². The van der Waals surface area contributed by atoms with E-state index >= 15 is 0 Å². The number of thiazole rings is 1. The van der Waals surface area contributed by atoms with Gasteiger partial charge in [-0.15, -0.1) is 11.3 Å². The molecule has 1 heterocycles. The van der Waals surface area contributed by atoms with Crippen molar-refractivity contribution in [1.82, 2.24) is 4.98 Å².